The van der Waals surface area contributed by atoms with Crippen molar-refractivity contribution in [3.63, 3.8) is 0 Å². The van der Waals surface area contributed by atoms with E-state index in [4.69, 9.17) is 0 Å². The van der Waals surface area contributed by atoms with Crippen LogP contribution in [0, 0.1) is 26.8 Å². The van der Waals surface area contributed by atoms with Crippen LogP contribution >= 0.6 is 0 Å². The first kappa shape index (κ1) is 19.1. The van der Waals surface area contributed by atoms with Crippen molar-refractivity contribution in [2.45, 2.75) is 20.8 Å². The molecule has 0 bridgehead atoms. The molecule has 0 unspecified atom stereocenters. The molecule has 27 heavy (non-hydrogen) atoms. The monoisotopic (exact) mass is 532 g/mol. The third-order valence-corrected chi connectivity index (χ3v) is 4.48. The van der Waals surface area contributed by atoms with Gasteiger partial charge in [0.15, 0.2) is 0 Å². The smallest absolute Gasteiger partial charge is 0.115 e. The van der Waals surface area contributed by atoms with Gasteiger partial charge in [0.25, 0.3) is 0 Å². The number of rotatable bonds is 3. The number of nitrogens with zero attached hydrogens (tertiary/aromatic N) is 4. The van der Waals surface area contributed by atoms with Crippen molar-refractivity contribution in [3.8, 4) is 28.2 Å². The van der Waals surface area contributed by atoms with E-state index in [1.807, 2.05) is 30.9 Å². The van der Waals surface area contributed by atoms with Crippen molar-refractivity contribution in [1.29, 1.82) is 0 Å². The second-order valence-corrected chi connectivity index (χ2v) is 6.49. The molecule has 0 aliphatic carbocycles. The minimum Gasteiger partial charge on any atom is -0.340 e. The summed E-state index contributed by atoms with van der Waals surface area (Å²) in [7, 11) is 0. The molecule has 4 nitrogen and oxygen atoms in total. The van der Waals surface area contributed by atoms with Crippen LogP contribution in [0.1, 0.15) is 16.7 Å². The van der Waals surface area contributed by atoms with Gasteiger partial charge in [-0.15, -0.1) is 35.4 Å². The minimum atomic E-state index is 0. The molecule has 4 rings (SSSR count). The molecule has 0 saturated carbocycles. The van der Waals surface area contributed by atoms with Crippen molar-refractivity contribution in [2.24, 2.45) is 0 Å². The summed E-state index contributed by atoms with van der Waals surface area (Å²) >= 11 is 0. The molecule has 0 spiro atoms. The maximum absolute atomic E-state index is 4.57. The zero-order valence-electron chi connectivity index (χ0n) is 15.4. The molecule has 2 heterocycles. The van der Waals surface area contributed by atoms with E-state index in [-0.39, 0.29) is 20.1 Å². The van der Waals surface area contributed by atoms with Gasteiger partial charge < -0.3 is 4.57 Å². The Kier molecular flexibility index (Phi) is 5.64. The van der Waals surface area contributed by atoms with Crippen LogP contribution in [-0.2, 0) is 20.1 Å². The fourth-order valence-electron chi connectivity index (χ4n) is 3.28. The van der Waals surface area contributed by atoms with Gasteiger partial charge in [0, 0.05) is 56.1 Å². The molecule has 1 radical (unpaired) electrons. The van der Waals surface area contributed by atoms with E-state index in [1.165, 1.54) is 16.7 Å². The van der Waals surface area contributed by atoms with Gasteiger partial charge in [-0.05, 0) is 42.7 Å². The number of hydrogen-bond acceptors (Lipinski definition) is 3. The second kappa shape index (κ2) is 7.95. The molecule has 2 aromatic heterocycles. The average molecular weight is 532 g/mol. The summed E-state index contributed by atoms with van der Waals surface area (Å²) in [6.45, 7) is 6.31. The summed E-state index contributed by atoms with van der Waals surface area (Å²) in [6, 6.07) is 13.8. The molecule has 0 fully saturated rings. The van der Waals surface area contributed by atoms with Crippen LogP contribution in [-0.4, -0.2) is 19.5 Å². The van der Waals surface area contributed by atoms with Gasteiger partial charge in [0.05, 0.1) is 5.82 Å². The van der Waals surface area contributed by atoms with Crippen molar-refractivity contribution in [3.05, 3.63) is 84.2 Å². The van der Waals surface area contributed by atoms with E-state index in [2.05, 4.69) is 70.6 Å². The number of imidazole rings is 1. The molecule has 2 aromatic carbocycles. The molecule has 0 aliphatic heterocycles. The summed E-state index contributed by atoms with van der Waals surface area (Å²) in [5, 5.41) is 0. The maximum atomic E-state index is 4.57. The first-order valence-electron chi connectivity index (χ1n) is 8.52. The fourth-order valence-corrected chi connectivity index (χ4v) is 3.28. The predicted octanol–water partition coefficient (Wildman–Crippen LogP) is 4.72. The van der Waals surface area contributed by atoms with E-state index < -0.39 is 0 Å². The molecule has 0 atom stereocenters. The van der Waals surface area contributed by atoms with Crippen LogP contribution in [0.15, 0.2) is 61.4 Å². The molecule has 0 aliphatic rings. The van der Waals surface area contributed by atoms with Crippen LogP contribution < -0.4 is 0 Å². The molecule has 0 amide bonds. The van der Waals surface area contributed by atoms with Crippen molar-refractivity contribution in [1.82, 2.24) is 19.5 Å². The van der Waals surface area contributed by atoms with Crippen molar-refractivity contribution < 1.29 is 20.1 Å². The van der Waals surface area contributed by atoms with Gasteiger partial charge in [-0.1, -0.05) is 6.92 Å². The van der Waals surface area contributed by atoms with E-state index in [9.17, 15) is 0 Å². The Balaban J connectivity index is 0.00000210. The predicted molar refractivity (Wildman–Crippen MR) is 103 cm³/mol. The molecule has 4 aromatic rings. The van der Waals surface area contributed by atoms with Crippen LogP contribution in [0.2, 0.25) is 0 Å². The van der Waals surface area contributed by atoms with Gasteiger partial charge in [0.1, 0.15) is 6.33 Å². The van der Waals surface area contributed by atoms with E-state index in [0.717, 1.165) is 28.2 Å². The standard InChI is InChI=1S/C22H19N4.Ir/c1-15-4-6-18(7-5-15)22-25-8-9-26(22)21-16(2)10-19(11-17(21)3)20-12-23-14-24-13-20;/h4-6,8-14H,1-3H3;/q-1;. The normalized spacial score (nSPS) is 10.5. The Morgan fingerprint density at radius 1 is 0.926 bits per heavy atom. The van der Waals surface area contributed by atoms with Crippen LogP contribution in [0.4, 0.5) is 0 Å². The molecule has 5 heteroatoms. The third-order valence-electron chi connectivity index (χ3n) is 4.48. The Bertz CT molecular complexity index is 1030. The van der Waals surface area contributed by atoms with Crippen LogP contribution in [0.25, 0.3) is 28.2 Å². The number of hydrogen-bond donors (Lipinski definition) is 0. The van der Waals surface area contributed by atoms with E-state index in [0.29, 0.717) is 0 Å². The van der Waals surface area contributed by atoms with E-state index in [1.54, 1.807) is 6.33 Å². The van der Waals surface area contributed by atoms with Gasteiger partial charge in [0.2, 0.25) is 0 Å². The Morgan fingerprint density at radius 3 is 2.26 bits per heavy atom. The van der Waals surface area contributed by atoms with Crippen molar-refractivity contribution in [2.75, 3.05) is 0 Å². The first-order chi connectivity index (χ1) is 12.6. The summed E-state index contributed by atoms with van der Waals surface area (Å²) in [5.74, 6) is 0.895. The fraction of sp³-hybridized carbons (Fsp3) is 0.136. The van der Waals surface area contributed by atoms with Crippen molar-refractivity contribution >= 4 is 0 Å². The molecule has 0 N–H and O–H groups in total. The Hall–Kier alpha value is -2.62. The minimum absolute atomic E-state index is 0. The first-order valence-corrected chi connectivity index (χ1v) is 8.52. The summed E-state index contributed by atoms with van der Waals surface area (Å²) in [5.41, 5.74) is 7.81. The summed E-state index contributed by atoms with van der Waals surface area (Å²) in [4.78, 5) is 12.8. The topological polar surface area (TPSA) is 43.6 Å². The SMILES string of the molecule is Cc1c[c-]c(-c2nccn2-c2c(C)cc(-c3cncnc3)cc2C)cc1.[Ir]. The Labute approximate surface area is 172 Å². The molecule has 137 valence electrons. The number of aryl methyl sites for hydroxylation is 3. The number of benzene rings is 2. The summed E-state index contributed by atoms with van der Waals surface area (Å²) in [6.07, 6.45) is 9.06. The molecular weight excluding hydrogens is 512 g/mol. The van der Waals surface area contributed by atoms with Gasteiger partial charge in [-0.3, -0.25) is 4.98 Å². The second-order valence-electron chi connectivity index (χ2n) is 6.49. The Morgan fingerprint density at radius 2 is 1.63 bits per heavy atom. The quantitative estimate of drug-likeness (QED) is 0.360. The van der Waals surface area contributed by atoms with E-state index >= 15 is 0 Å². The summed E-state index contributed by atoms with van der Waals surface area (Å²) < 4.78 is 2.14. The van der Waals surface area contributed by atoms with Crippen LogP contribution in [0.5, 0.6) is 0 Å². The van der Waals surface area contributed by atoms with Gasteiger partial charge in [-0.2, -0.15) is 0 Å². The largest absolute Gasteiger partial charge is 0.340 e. The molecule has 0 saturated heterocycles. The molecular formula is C22H19IrN4-. The zero-order chi connectivity index (χ0) is 18.1. The zero-order valence-corrected chi connectivity index (χ0v) is 17.8. The number of aromatic nitrogens is 4. The maximum Gasteiger partial charge on any atom is 0.115 e. The van der Waals surface area contributed by atoms with Gasteiger partial charge >= 0.3 is 0 Å². The average Bonchev–Trinajstić information content (AvgIpc) is 3.12. The van der Waals surface area contributed by atoms with Gasteiger partial charge in [-0.25, -0.2) is 9.97 Å². The van der Waals surface area contributed by atoms with Crippen LogP contribution in [0.3, 0.4) is 0 Å². The third kappa shape index (κ3) is 3.75.